The third-order valence-corrected chi connectivity index (χ3v) is 5.51. The van der Waals surface area contributed by atoms with E-state index in [0.29, 0.717) is 0 Å². The van der Waals surface area contributed by atoms with Gasteiger partial charge in [-0.05, 0) is 50.6 Å². The van der Waals surface area contributed by atoms with Crippen LogP contribution in [-0.2, 0) is 9.53 Å². The number of nitrogens with zero attached hydrogens (tertiary/aromatic N) is 2. The number of benzene rings is 1. The molecule has 24 heavy (non-hydrogen) atoms. The van der Waals surface area contributed by atoms with Gasteiger partial charge >= 0.3 is 0 Å². The van der Waals surface area contributed by atoms with Gasteiger partial charge in [0.15, 0.2) is 0 Å². The number of piperazine rings is 1. The van der Waals surface area contributed by atoms with Gasteiger partial charge in [-0.2, -0.15) is 0 Å². The van der Waals surface area contributed by atoms with Crippen LogP contribution in [0.3, 0.4) is 0 Å². The number of hydrogen-bond acceptors (Lipinski definition) is 4. The van der Waals surface area contributed by atoms with Crippen molar-refractivity contribution in [2.45, 2.75) is 25.4 Å². The molecule has 1 aromatic carbocycles. The number of ether oxygens (including phenoxy) is 1. The van der Waals surface area contributed by atoms with E-state index >= 15 is 0 Å². The standard InChI is InChI=1S/C18H26ClN3O2/c1-14-3-4-15(19)13-16(14)21-9-11-22(12-10-21)17(23)18(24-2)5-7-20-8-6-18/h3-4,13,20H,5-12H2,1-2H3. The number of amides is 1. The molecule has 2 fully saturated rings. The number of carbonyl (C=O) groups excluding carboxylic acids is 1. The van der Waals surface area contributed by atoms with Crippen LogP contribution >= 0.6 is 11.6 Å². The third-order valence-electron chi connectivity index (χ3n) is 5.27. The van der Waals surface area contributed by atoms with Crippen molar-refractivity contribution in [1.82, 2.24) is 10.2 Å². The van der Waals surface area contributed by atoms with E-state index in [9.17, 15) is 4.79 Å². The molecule has 2 aliphatic rings. The highest BCUT2D eigenvalue weighted by Gasteiger charge is 2.43. The molecule has 2 aliphatic heterocycles. The predicted octanol–water partition coefficient (Wildman–Crippen LogP) is 2.07. The molecule has 1 aromatic rings. The Morgan fingerprint density at radius 1 is 1.21 bits per heavy atom. The van der Waals surface area contributed by atoms with Gasteiger partial charge in [0, 0.05) is 44.0 Å². The number of halogens is 1. The lowest BCUT2D eigenvalue weighted by Gasteiger charge is -2.43. The lowest BCUT2D eigenvalue weighted by atomic mass is 9.90. The molecule has 2 heterocycles. The molecule has 0 radical (unpaired) electrons. The molecule has 1 amide bonds. The summed E-state index contributed by atoms with van der Waals surface area (Å²) in [7, 11) is 1.66. The molecule has 0 unspecified atom stereocenters. The van der Waals surface area contributed by atoms with E-state index < -0.39 is 5.60 Å². The summed E-state index contributed by atoms with van der Waals surface area (Å²) in [6.07, 6.45) is 1.49. The van der Waals surface area contributed by atoms with Gasteiger partial charge in [-0.1, -0.05) is 17.7 Å². The first-order valence-corrected chi connectivity index (χ1v) is 9.00. The normalized spacial score (nSPS) is 21.0. The number of carbonyl (C=O) groups is 1. The van der Waals surface area contributed by atoms with E-state index in [1.165, 1.54) is 5.56 Å². The molecule has 132 valence electrons. The van der Waals surface area contributed by atoms with Crippen LogP contribution in [0.2, 0.25) is 5.02 Å². The van der Waals surface area contributed by atoms with E-state index in [4.69, 9.17) is 16.3 Å². The second-order valence-corrected chi connectivity index (χ2v) is 7.09. The SMILES string of the molecule is COC1(C(=O)N2CCN(c3cc(Cl)ccc3C)CC2)CCNCC1. The van der Waals surface area contributed by atoms with E-state index in [2.05, 4.69) is 17.1 Å². The number of methoxy groups -OCH3 is 1. The maximum absolute atomic E-state index is 13.0. The van der Waals surface area contributed by atoms with E-state index in [-0.39, 0.29) is 5.91 Å². The Kier molecular flexibility index (Phi) is 5.33. The fraction of sp³-hybridized carbons (Fsp3) is 0.611. The zero-order valence-electron chi connectivity index (χ0n) is 14.5. The first-order chi connectivity index (χ1) is 11.6. The van der Waals surface area contributed by atoms with Crippen molar-refractivity contribution < 1.29 is 9.53 Å². The lowest BCUT2D eigenvalue weighted by Crippen LogP contribution is -2.59. The van der Waals surface area contributed by atoms with Crippen molar-refractivity contribution in [2.24, 2.45) is 0 Å². The summed E-state index contributed by atoms with van der Waals surface area (Å²) >= 11 is 6.14. The Balaban J connectivity index is 1.66. The fourth-order valence-electron chi connectivity index (χ4n) is 3.70. The van der Waals surface area contributed by atoms with Gasteiger partial charge in [-0.25, -0.2) is 0 Å². The molecule has 0 aliphatic carbocycles. The van der Waals surface area contributed by atoms with Gasteiger partial charge in [0.05, 0.1) is 0 Å². The summed E-state index contributed by atoms with van der Waals surface area (Å²) in [4.78, 5) is 17.3. The van der Waals surface area contributed by atoms with Crippen LogP contribution in [0.4, 0.5) is 5.69 Å². The maximum Gasteiger partial charge on any atom is 0.255 e. The van der Waals surface area contributed by atoms with Gasteiger partial charge in [-0.15, -0.1) is 0 Å². The molecule has 0 saturated carbocycles. The third kappa shape index (κ3) is 3.39. The van der Waals surface area contributed by atoms with Gasteiger partial charge in [0.1, 0.15) is 5.60 Å². The Morgan fingerprint density at radius 2 is 1.88 bits per heavy atom. The smallest absolute Gasteiger partial charge is 0.255 e. The van der Waals surface area contributed by atoms with Crippen molar-refractivity contribution in [2.75, 3.05) is 51.3 Å². The van der Waals surface area contributed by atoms with Crippen LogP contribution in [0, 0.1) is 6.92 Å². The highest BCUT2D eigenvalue weighted by Crippen LogP contribution is 2.28. The summed E-state index contributed by atoms with van der Waals surface area (Å²) in [5.41, 5.74) is 1.74. The van der Waals surface area contributed by atoms with Gasteiger partial charge in [0.2, 0.25) is 0 Å². The van der Waals surface area contributed by atoms with Crippen LogP contribution in [0.15, 0.2) is 18.2 Å². The molecule has 0 aromatic heterocycles. The minimum absolute atomic E-state index is 0.147. The Hall–Kier alpha value is -1.30. The van der Waals surface area contributed by atoms with Gasteiger partial charge < -0.3 is 19.9 Å². The average molecular weight is 352 g/mol. The molecular formula is C18H26ClN3O2. The van der Waals surface area contributed by atoms with Crippen molar-refractivity contribution >= 4 is 23.2 Å². The van der Waals surface area contributed by atoms with Crippen molar-refractivity contribution in [3.63, 3.8) is 0 Å². The minimum Gasteiger partial charge on any atom is -0.368 e. The van der Waals surface area contributed by atoms with Crippen LogP contribution in [0.25, 0.3) is 0 Å². The molecule has 6 heteroatoms. The number of piperidine rings is 1. The molecule has 2 saturated heterocycles. The fourth-order valence-corrected chi connectivity index (χ4v) is 3.86. The van der Waals surface area contributed by atoms with Crippen LogP contribution in [0.5, 0.6) is 0 Å². The second kappa shape index (κ2) is 7.30. The summed E-state index contributed by atoms with van der Waals surface area (Å²) < 4.78 is 5.68. The average Bonchev–Trinajstić information content (AvgIpc) is 2.64. The summed E-state index contributed by atoms with van der Waals surface area (Å²) in [6, 6.07) is 5.97. The van der Waals surface area contributed by atoms with Crippen LogP contribution in [0.1, 0.15) is 18.4 Å². The van der Waals surface area contributed by atoms with Gasteiger partial charge in [0.25, 0.3) is 5.91 Å². The summed E-state index contributed by atoms with van der Waals surface area (Å²) in [5.74, 6) is 0.147. The molecule has 0 spiro atoms. The van der Waals surface area contributed by atoms with E-state index in [1.807, 2.05) is 23.1 Å². The van der Waals surface area contributed by atoms with E-state index in [1.54, 1.807) is 7.11 Å². The summed E-state index contributed by atoms with van der Waals surface area (Å²) in [5, 5.41) is 4.05. The Labute approximate surface area is 148 Å². The monoisotopic (exact) mass is 351 g/mol. The number of rotatable bonds is 3. The Morgan fingerprint density at radius 3 is 2.50 bits per heavy atom. The van der Waals surface area contributed by atoms with E-state index in [0.717, 1.165) is 62.8 Å². The first kappa shape index (κ1) is 17.5. The number of anilines is 1. The lowest BCUT2D eigenvalue weighted by molar-refractivity contribution is -0.158. The largest absolute Gasteiger partial charge is 0.368 e. The highest BCUT2D eigenvalue weighted by molar-refractivity contribution is 6.30. The van der Waals surface area contributed by atoms with Crippen LogP contribution < -0.4 is 10.2 Å². The minimum atomic E-state index is -0.639. The first-order valence-electron chi connectivity index (χ1n) is 8.62. The predicted molar refractivity (Wildman–Crippen MR) is 96.8 cm³/mol. The van der Waals surface area contributed by atoms with Crippen LogP contribution in [-0.4, -0.2) is 62.8 Å². The number of nitrogens with one attached hydrogen (secondary N) is 1. The van der Waals surface area contributed by atoms with Crippen molar-refractivity contribution in [3.8, 4) is 0 Å². The maximum atomic E-state index is 13.0. The molecule has 3 rings (SSSR count). The molecule has 1 N–H and O–H groups in total. The quantitative estimate of drug-likeness (QED) is 0.905. The topological polar surface area (TPSA) is 44.8 Å². The Bertz CT molecular complexity index is 594. The zero-order valence-corrected chi connectivity index (χ0v) is 15.2. The van der Waals surface area contributed by atoms with Gasteiger partial charge in [-0.3, -0.25) is 4.79 Å². The number of aryl methyl sites for hydroxylation is 1. The molecule has 5 nitrogen and oxygen atoms in total. The second-order valence-electron chi connectivity index (χ2n) is 6.66. The van der Waals surface area contributed by atoms with Crippen molar-refractivity contribution in [1.29, 1.82) is 0 Å². The highest BCUT2D eigenvalue weighted by atomic mass is 35.5. The molecule has 0 atom stereocenters. The summed E-state index contributed by atoms with van der Waals surface area (Å²) in [6.45, 7) is 6.86. The number of hydrogen-bond donors (Lipinski definition) is 1. The van der Waals surface area contributed by atoms with Crippen molar-refractivity contribution in [3.05, 3.63) is 28.8 Å². The molecule has 0 bridgehead atoms. The zero-order chi connectivity index (χ0) is 17.2. The molecular weight excluding hydrogens is 326 g/mol.